The Balaban J connectivity index is 0.653. The van der Waals surface area contributed by atoms with Gasteiger partial charge in [0, 0.05) is 99.6 Å². The van der Waals surface area contributed by atoms with E-state index in [1.54, 1.807) is 0 Å². The van der Waals surface area contributed by atoms with Crippen LogP contribution in [0.4, 0.5) is 0 Å². The molecule has 0 bridgehead atoms. The Morgan fingerprint density at radius 2 is 0.322 bits per heavy atom. The first-order valence-corrected chi connectivity index (χ1v) is 42.1. The monoisotopic (exact) mass is 1760 g/mol. The molecule has 0 unspecified atom stereocenters. The summed E-state index contributed by atoms with van der Waals surface area (Å²) in [5.41, 5.74) is 37.4. The zero-order chi connectivity index (χ0) is 79.4. The van der Waals surface area contributed by atoms with Crippen molar-refractivity contribution in [1.29, 1.82) is 0 Å². The SMILES string of the molecule is Brc1cc(-c2ccccn2)ccc1-c1ccccc1-c1cc(-c2ccccc2-c2ccc(-c3cccc(-c4ccc(-c5ccccc5-c5cc(-c6ccccc6-c6ccc(-c7ccccn7)cc6Br)cc(-c6ccccc6-c6ccc(-c7ccccn7)cc6Br)c5)cn4)c3)nc2)cc(-c2ccccc2-c2ccc(-c3ccccn3)cc2Br)c1. The third kappa shape index (κ3) is 15.4. The summed E-state index contributed by atoms with van der Waals surface area (Å²) < 4.78 is 3.93. The molecule has 13 aromatic carbocycles. The smallest absolute Gasteiger partial charge is 0.0702 e. The van der Waals surface area contributed by atoms with E-state index >= 15 is 0 Å². The van der Waals surface area contributed by atoms with E-state index in [0.717, 1.165) is 219 Å². The second-order valence-electron chi connectivity index (χ2n) is 29.0. The van der Waals surface area contributed by atoms with E-state index in [4.69, 9.17) is 9.97 Å². The summed E-state index contributed by atoms with van der Waals surface area (Å²) in [6.45, 7) is 0. The standard InChI is InChI=1S/C108H68Br4N6/c109-99-63-71(103-36-13-17-52-113-103)40-46-95(99)91-32-9-5-28-87(91)79-57-77(58-80(61-79)88-29-6-10-33-92(88)96-47-41-72(64-100(96)110)104-37-14-18-53-114-104)85-26-3-1-24-83(85)75-44-50-107(117-67-75)69-22-21-23-70(56-69)108-51-45-76(68-118-108)84-25-2-4-27-86(84)78-59-81(89-30-7-11-34-93(89)97-48-42-73(65-101(97)111)105-38-15-19-54-115-105)62-82(60-78)90-31-8-12-35-94(90)98-49-43-74(66-102(98)112)106-39-16-20-55-116-106/h1-68H. The van der Waals surface area contributed by atoms with E-state index in [-0.39, 0.29) is 0 Å². The number of aromatic nitrogens is 6. The van der Waals surface area contributed by atoms with E-state index in [9.17, 15) is 0 Å². The summed E-state index contributed by atoms with van der Waals surface area (Å²) in [5.74, 6) is 0. The molecule has 0 radical (unpaired) electrons. The molecular formula is C108H68Br4N6. The van der Waals surface area contributed by atoms with Crippen LogP contribution >= 0.6 is 63.7 Å². The van der Waals surface area contributed by atoms with Gasteiger partial charge >= 0.3 is 0 Å². The van der Waals surface area contributed by atoms with Gasteiger partial charge in [0.25, 0.3) is 0 Å². The number of pyridine rings is 6. The van der Waals surface area contributed by atoms with Gasteiger partial charge in [0.15, 0.2) is 0 Å². The van der Waals surface area contributed by atoms with Crippen LogP contribution in [0.15, 0.2) is 431 Å². The molecule has 0 fully saturated rings. The lowest BCUT2D eigenvalue weighted by Gasteiger charge is -2.19. The van der Waals surface area contributed by atoms with Crippen LogP contribution in [0.1, 0.15) is 0 Å². The topological polar surface area (TPSA) is 77.3 Å². The van der Waals surface area contributed by atoms with Crippen molar-refractivity contribution in [3.05, 3.63) is 431 Å². The molecule has 0 saturated carbocycles. The Labute approximate surface area is 719 Å². The van der Waals surface area contributed by atoms with Crippen molar-refractivity contribution in [3.63, 3.8) is 0 Å². The van der Waals surface area contributed by atoms with E-state index < -0.39 is 0 Å². The maximum atomic E-state index is 5.26. The number of hydrogen-bond donors (Lipinski definition) is 0. The molecule has 0 amide bonds. The van der Waals surface area contributed by atoms with Crippen LogP contribution in [0, 0.1) is 0 Å². The molecule has 0 aliphatic rings. The van der Waals surface area contributed by atoms with Gasteiger partial charge < -0.3 is 0 Å². The molecule has 0 atom stereocenters. The summed E-state index contributed by atoms with van der Waals surface area (Å²) in [6, 6.07) is 134. The number of nitrogens with zero attached hydrogens (tertiary/aromatic N) is 6. The fraction of sp³-hybridized carbons (Fsp3) is 0. The molecule has 0 N–H and O–H groups in total. The molecule has 6 heterocycles. The maximum absolute atomic E-state index is 5.26. The van der Waals surface area contributed by atoms with Gasteiger partial charge in [-0.3, -0.25) is 29.9 Å². The van der Waals surface area contributed by atoms with E-state index in [0.29, 0.717) is 0 Å². The fourth-order valence-electron chi connectivity index (χ4n) is 16.0. The van der Waals surface area contributed by atoms with Crippen molar-refractivity contribution in [3.8, 4) is 201 Å². The van der Waals surface area contributed by atoms with E-state index in [2.05, 4.69) is 387 Å². The summed E-state index contributed by atoms with van der Waals surface area (Å²) in [6.07, 6.45) is 11.4. The van der Waals surface area contributed by atoms with Crippen molar-refractivity contribution < 1.29 is 0 Å². The number of halogens is 4. The largest absolute Gasteiger partial charge is 0.256 e. The van der Waals surface area contributed by atoms with Crippen molar-refractivity contribution in [2.75, 3.05) is 0 Å². The Morgan fingerprint density at radius 1 is 0.127 bits per heavy atom. The highest BCUT2D eigenvalue weighted by atomic mass is 79.9. The highest BCUT2D eigenvalue weighted by Gasteiger charge is 2.23. The zero-order valence-electron chi connectivity index (χ0n) is 63.5. The third-order valence-corrected chi connectivity index (χ3v) is 24.4. The van der Waals surface area contributed by atoms with Crippen LogP contribution in [0.2, 0.25) is 0 Å². The van der Waals surface area contributed by atoms with Gasteiger partial charge in [-0.25, -0.2) is 0 Å². The van der Waals surface area contributed by atoms with E-state index in [1.165, 1.54) is 0 Å². The normalized spacial score (nSPS) is 11.2. The molecule has 0 spiro atoms. The van der Waals surface area contributed by atoms with Gasteiger partial charge in [-0.1, -0.05) is 312 Å². The Hall–Kier alpha value is -13.3. The molecule has 19 aromatic rings. The molecule has 0 saturated heterocycles. The van der Waals surface area contributed by atoms with Crippen molar-refractivity contribution >= 4 is 63.7 Å². The van der Waals surface area contributed by atoms with Crippen LogP contribution in [-0.4, -0.2) is 29.9 Å². The number of benzene rings is 13. The third-order valence-electron chi connectivity index (χ3n) is 21.8. The van der Waals surface area contributed by atoms with Gasteiger partial charge in [-0.05, 0) is 250 Å². The minimum Gasteiger partial charge on any atom is -0.256 e. The average molecular weight is 1770 g/mol. The summed E-state index contributed by atoms with van der Waals surface area (Å²) >= 11 is 16.1. The molecule has 118 heavy (non-hydrogen) atoms. The lowest BCUT2D eigenvalue weighted by atomic mass is 9.86. The molecule has 0 aliphatic heterocycles. The van der Waals surface area contributed by atoms with Crippen LogP contribution < -0.4 is 0 Å². The maximum Gasteiger partial charge on any atom is 0.0702 e. The molecule has 6 nitrogen and oxygen atoms in total. The second-order valence-corrected chi connectivity index (χ2v) is 32.4. The van der Waals surface area contributed by atoms with Crippen LogP contribution in [0.25, 0.3) is 201 Å². The van der Waals surface area contributed by atoms with Crippen molar-refractivity contribution in [1.82, 2.24) is 29.9 Å². The molecular weight excluding hydrogens is 1700 g/mol. The molecule has 6 aromatic heterocycles. The average Bonchev–Trinajstić information content (AvgIpc) is 0.765. The van der Waals surface area contributed by atoms with Gasteiger partial charge in [0.2, 0.25) is 0 Å². The highest BCUT2D eigenvalue weighted by Crippen LogP contribution is 2.49. The first kappa shape index (κ1) is 74.8. The Kier molecular flexibility index (Phi) is 21.2. The first-order valence-electron chi connectivity index (χ1n) is 38.9. The Morgan fingerprint density at radius 3 is 0.542 bits per heavy atom. The van der Waals surface area contributed by atoms with Crippen LogP contribution in [0.5, 0.6) is 0 Å². The van der Waals surface area contributed by atoms with Crippen LogP contribution in [-0.2, 0) is 0 Å². The predicted octanol–water partition coefficient (Wildman–Crippen LogP) is 31.1. The van der Waals surface area contributed by atoms with Gasteiger partial charge in [0.1, 0.15) is 0 Å². The molecule has 0 aliphatic carbocycles. The molecule has 558 valence electrons. The molecule has 19 rings (SSSR count). The number of hydrogen-bond acceptors (Lipinski definition) is 6. The van der Waals surface area contributed by atoms with Gasteiger partial charge in [-0.15, -0.1) is 0 Å². The number of rotatable bonds is 18. The highest BCUT2D eigenvalue weighted by molar-refractivity contribution is 9.11. The lowest BCUT2D eigenvalue weighted by molar-refractivity contribution is 1.31. The fourth-order valence-corrected chi connectivity index (χ4v) is 18.4. The van der Waals surface area contributed by atoms with E-state index in [1.807, 2.05) is 110 Å². The predicted molar refractivity (Wildman–Crippen MR) is 502 cm³/mol. The zero-order valence-corrected chi connectivity index (χ0v) is 69.8. The minimum atomic E-state index is 0.855. The second kappa shape index (κ2) is 33.5. The first-order chi connectivity index (χ1) is 58.1. The lowest BCUT2D eigenvalue weighted by Crippen LogP contribution is -1.93. The summed E-state index contributed by atoms with van der Waals surface area (Å²) in [4.78, 5) is 29.2. The van der Waals surface area contributed by atoms with Gasteiger partial charge in [-0.2, -0.15) is 0 Å². The van der Waals surface area contributed by atoms with Gasteiger partial charge in [0.05, 0.1) is 34.2 Å². The summed E-state index contributed by atoms with van der Waals surface area (Å²) in [7, 11) is 0. The Bertz CT molecular complexity index is 6250. The summed E-state index contributed by atoms with van der Waals surface area (Å²) in [5, 5.41) is 0. The van der Waals surface area contributed by atoms with Crippen molar-refractivity contribution in [2.45, 2.75) is 0 Å². The van der Waals surface area contributed by atoms with Crippen LogP contribution in [0.3, 0.4) is 0 Å². The minimum absolute atomic E-state index is 0.855. The van der Waals surface area contributed by atoms with Crippen molar-refractivity contribution in [2.24, 2.45) is 0 Å². The quantitative estimate of drug-likeness (QED) is 0.0852. The molecule has 10 heteroatoms.